The zero-order valence-corrected chi connectivity index (χ0v) is 15.6. The van der Waals surface area contributed by atoms with Gasteiger partial charge in [-0.25, -0.2) is 0 Å². The summed E-state index contributed by atoms with van der Waals surface area (Å²) in [5.74, 6) is 1.92. The molecular formula is C23H29NO2. The highest BCUT2D eigenvalue weighted by molar-refractivity contribution is 5.38. The lowest BCUT2D eigenvalue weighted by Gasteiger charge is -2.38. The third-order valence-electron chi connectivity index (χ3n) is 6.25. The lowest BCUT2D eigenvalue weighted by Crippen LogP contribution is -2.39. The number of hydrogen-bond donors (Lipinski definition) is 1. The topological polar surface area (TPSA) is 32.7 Å². The highest BCUT2D eigenvalue weighted by Crippen LogP contribution is 2.37. The first-order chi connectivity index (χ1) is 12.7. The van der Waals surface area contributed by atoms with Crippen LogP contribution in [0.1, 0.15) is 48.0 Å². The molecule has 138 valence electrons. The molecule has 3 heteroatoms. The van der Waals surface area contributed by atoms with Crippen LogP contribution in [0.4, 0.5) is 0 Å². The highest BCUT2D eigenvalue weighted by Gasteiger charge is 2.31. The molecule has 2 aromatic rings. The van der Waals surface area contributed by atoms with Crippen LogP contribution in [-0.4, -0.2) is 36.8 Å². The van der Waals surface area contributed by atoms with E-state index < -0.39 is 0 Å². The Morgan fingerprint density at radius 1 is 1.04 bits per heavy atom. The van der Waals surface area contributed by atoms with Gasteiger partial charge in [0.2, 0.25) is 0 Å². The monoisotopic (exact) mass is 351 g/mol. The maximum atomic E-state index is 10.9. The predicted molar refractivity (Wildman–Crippen MR) is 105 cm³/mol. The number of benzene rings is 2. The van der Waals surface area contributed by atoms with Gasteiger partial charge in [0.15, 0.2) is 0 Å². The van der Waals surface area contributed by atoms with Crippen molar-refractivity contribution in [2.75, 3.05) is 26.7 Å². The van der Waals surface area contributed by atoms with E-state index in [2.05, 4.69) is 41.3 Å². The van der Waals surface area contributed by atoms with Gasteiger partial charge in [0.05, 0.1) is 13.2 Å². The van der Waals surface area contributed by atoms with E-state index in [4.69, 9.17) is 4.74 Å². The van der Waals surface area contributed by atoms with Crippen molar-refractivity contribution >= 4 is 0 Å². The van der Waals surface area contributed by atoms with Gasteiger partial charge in [0, 0.05) is 12.5 Å². The number of aryl methyl sites for hydroxylation is 1. The first-order valence-corrected chi connectivity index (χ1v) is 9.87. The highest BCUT2D eigenvalue weighted by atomic mass is 16.5. The fourth-order valence-electron chi connectivity index (χ4n) is 4.66. The minimum absolute atomic E-state index is 0.337. The first-order valence-electron chi connectivity index (χ1n) is 9.87. The zero-order valence-electron chi connectivity index (χ0n) is 15.6. The zero-order chi connectivity index (χ0) is 17.9. The van der Waals surface area contributed by atoms with E-state index in [-0.39, 0.29) is 6.10 Å². The maximum Gasteiger partial charge on any atom is 0.119 e. The second-order valence-electron chi connectivity index (χ2n) is 7.79. The summed E-state index contributed by atoms with van der Waals surface area (Å²) < 4.78 is 5.32. The van der Waals surface area contributed by atoms with Crippen LogP contribution in [0.3, 0.4) is 0 Å². The summed E-state index contributed by atoms with van der Waals surface area (Å²) in [7, 11) is 1.70. The molecule has 0 aromatic heterocycles. The van der Waals surface area contributed by atoms with E-state index in [9.17, 15) is 5.11 Å². The van der Waals surface area contributed by atoms with Gasteiger partial charge in [0.25, 0.3) is 0 Å². The van der Waals surface area contributed by atoms with Crippen LogP contribution >= 0.6 is 0 Å². The second kappa shape index (κ2) is 7.81. The number of rotatable bonds is 4. The Labute approximate surface area is 156 Å². The van der Waals surface area contributed by atoms with Crippen LogP contribution in [0.15, 0.2) is 48.5 Å². The quantitative estimate of drug-likeness (QED) is 0.897. The Morgan fingerprint density at radius 3 is 2.54 bits per heavy atom. The molecule has 0 radical (unpaired) electrons. The van der Waals surface area contributed by atoms with Crippen molar-refractivity contribution < 1.29 is 9.84 Å². The molecule has 1 N–H and O–H groups in total. The number of aliphatic hydroxyl groups excluding tert-OH is 1. The van der Waals surface area contributed by atoms with Crippen LogP contribution in [0, 0.1) is 5.92 Å². The van der Waals surface area contributed by atoms with Crippen molar-refractivity contribution in [1.29, 1.82) is 0 Å². The summed E-state index contributed by atoms with van der Waals surface area (Å²) >= 11 is 0. The van der Waals surface area contributed by atoms with Gasteiger partial charge in [-0.05, 0) is 73.5 Å². The summed E-state index contributed by atoms with van der Waals surface area (Å²) in [5.41, 5.74) is 3.82. The normalized spacial score (nSPS) is 24.2. The molecule has 1 saturated heterocycles. The van der Waals surface area contributed by atoms with Gasteiger partial charge in [-0.1, -0.05) is 36.4 Å². The number of ether oxygens (including phenoxy) is 1. The summed E-state index contributed by atoms with van der Waals surface area (Å²) in [6.07, 6.45) is 4.19. The average molecular weight is 351 g/mol. The van der Waals surface area contributed by atoms with Crippen molar-refractivity contribution in [3.05, 3.63) is 65.2 Å². The second-order valence-corrected chi connectivity index (χ2v) is 7.79. The number of piperidine rings is 1. The molecular weight excluding hydrogens is 322 g/mol. The molecule has 2 aliphatic rings. The Bertz CT molecular complexity index is 722. The number of fused-ring (bicyclic) bond motifs is 1. The fraction of sp³-hybridized carbons (Fsp3) is 0.478. The molecule has 3 nitrogen and oxygen atoms in total. The molecule has 1 fully saturated rings. The van der Waals surface area contributed by atoms with E-state index in [1.165, 1.54) is 24.0 Å². The Morgan fingerprint density at radius 2 is 1.81 bits per heavy atom. The number of hydrogen-bond acceptors (Lipinski definition) is 3. The summed E-state index contributed by atoms with van der Waals surface area (Å²) in [6.45, 7) is 3.28. The minimum Gasteiger partial charge on any atom is -0.497 e. The molecule has 26 heavy (non-hydrogen) atoms. The van der Waals surface area contributed by atoms with E-state index in [0.29, 0.717) is 11.8 Å². The van der Waals surface area contributed by atoms with Crippen LogP contribution in [0.5, 0.6) is 5.75 Å². The van der Waals surface area contributed by atoms with Crippen molar-refractivity contribution in [2.24, 2.45) is 5.92 Å². The molecule has 1 heterocycles. The first kappa shape index (κ1) is 17.6. The van der Waals surface area contributed by atoms with Crippen molar-refractivity contribution in [3.8, 4) is 5.75 Å². The Balaban J connectivity index is 1.35. The van der Waals surface area contributed by atoms with Gasteiger partial charge in [-0.2, -0.15) is 0 Å². The average Bonchev–Trinajstić information content (AvgIpc) is 2.71. The van der Waals surface area contributed by atoms with Crippen molar-refractivity contribution in [3.63, 3.8) is 0 Å². The molecule has 0 bridgehead atoms. The fourth-order valence-corrected chi connectivity index (χ4v) is 4.66. The molecule has 2 aromatic carbocycles. The summed E-state index contributed by atoms with van der Waals surface area (Å²) in [5, 5.41) is 10.9. The van der Waals surface area contributed by atoms with Gasteiger partial charge in [-0.3, -0.25) is 0 Å². The number of likely N-dealkylation sites (tertiary alicyclic amines) is 1. The van der Waals surface area contributed by atoms with E-state index in [1.807, 2.05) is 12.1 Å². The summed E-state index contributed by atoms with van der Waals surface area (Å²) in [6, 6.07) is 17.0. The maximum absolute atomic E-state index is 10.9. The lowest BCUT2D eigenvalue weighted by molar-refractivity contribution is 0.0587. The Kier molecular flexibility index (Phi) is 5.28. The van der Waals surface area contributed by atoms with Crippen LogP contribution < -0.4 is 4.74 Å². The molecule has 0 saturated carbocycles. The molecule has 0 amide bonds. The van der Waals surface area contributed by atoms with E-state index in [1.54, 1.807) is 7.11 Å². The number of nitrogens with zero attached hydrogens (tertiary/aromatic N) is 1. The van der Waals surface area contributed by atoms with Crippen molar-refractivity contribution in [2.45, 2.75) is 37.7 Å². The summed E-state index contributed by atoms with van der Waals surface area (Å²) in [4.78, 5) is 2.56. The number of aliphatic hydroxyl groups is 1. The predicted octanol–water partition coefficient (Wildman–Crippen LogP) is 4.17. The molecule has 2 atom stereocenters. The lowest BCUT2D eigenvalue weighted by atomic mass is 9.80. The third kappa shape index (κ3) is 3.65. The third-order valence-corrected chi connectivity index (χ3v) is 6.25. The van der Waals surface area contributed by atoms with Crippen LogP contribution in [0.2, 0.25) is 0 Å². The molecule has 0 spiro atoms. The van der Waals surface area contributed by atoms with Crippen LogP contribution in [0.25, 0.3) is 0 Å². The number of methoxy groups -OCH3 is 1. The molecule has 1 aliphatic heterocycles. The largest absolute Gasteiger partial charge is 0.497 e. The molecule has 0 unspecified atom stereocenters. The molecule has 4 rings (SSSR count). The van der Waals surface area contributed by atoms with Gasteiger partial charge in [0.1, 0.15) is 5.75 Å². The van der Waals surface area contributed by atoms with E-state index in [0.717, 1.165) is 43.8 Å². The van der Waals surface area contributed by atoms with Crippen molar-refractivity contribution in [1.82, 2.24) is 4.90 Å². The van der Waals surface area contributed by atoms with Crippen LogP contribution in [-0.2, 0) is 6.42 Å². The van der Waals surface area contributed by atoms with Gasteiger partial charge >= 0.3 is 0 Å². The molecule has 1 aliphatic carbocycles. The SMILES string of the molecule is COc1ccc2c(c1)CC[C@@H](CN1CCC(c3ccccc3)CC1)[C@H]2O. The minimum atomic E-state index is -0.350. The standard InChI is InChI=1S/C23H29NO2/c1-26-21-9-10-22-19(15-21)7-8-20(23(22)25)16-24-13-11-18(12-14-24)17-5-3-2-4-6-17/h2-6,9-10,15,18,20,23,25H,7-8,11-14,16H2,1H3/t20-,23+/m0/s1. The van der Waals surface area contributed by atoms with Gasteiger partial charge in [-0.15, -0.1) is 0 Å². The smallest absolute Gasteiger partial charge is 0.119 e. The Hall–Kier alpha value is -1.84. The van der Waals surface area contributed by atoms with E-state index >= 15 is 0 Å². The van der Waals surface area contributed by atoms with Gasteiger partial charge < -0.3 is 14.7 Å².